The zero-order chi connectivity index (χ0) is 18.8. The number of hydrogen-bond donors (Lipinski definition) is 0. The van der Waals surface area contributed by atoms with Crippen LogP contribution in [0.5, 0.6) is 0 Å². The van der Waals surface area contributed by atoms with Gasteiger partial charge in [0.2, 0.25) is 0 Å². The molecule has 4 rings (SSSR count). The lowest BCUT2D eigenvalue weighted by atomic mass is 9.77. The van der Waals surface area contributed by atoms with E-state index in [1.807, 2.05) is 13.0 Å². The average Bonchev–Trinajstić information content (AvgIpc) is 2.74. The third-order valence-corrected chi connectivity index (χ3v) is 6.89. The van der Waals surface area contributed by atoms with Crippen LogP contribution in [0.15, 0.2) is 36.4 Å². The van der Waals surface area contributed by atoms with Crippen molar-refractivity contribution in [1.82, 2.24) is 0 Å². The molecule has 0 spiro atoms. The van der Waals surface area contributed by atoms with Crippen molar-refractivity contribution in [2.75, 3.05) is 0 Å². The smallest absolute Gasteiger partial charge is 0.130 e. The highest BCUT2D eigenvalue weighted by Gasteiger charge is 2.22. The fraction of sp³-hybridized carbons (Fsp3) is 0.462. The number of halogens is 1. The summed E-state index contributed by atoms with van der Waals surface area (Å²) >= 11 is 0. The molecule has 0 aliphatic heterocycles. The Hall–Kier alpha value is -1.89. The van der Waals surface area contributed by atoms with Crippen LogP contribution in [0.4, 0.5) is 4.39 Å². The van der Waals surface area contributed by atoms with Gasteiger partial charge in [-0.05, 0) is 90.2 Å². The molecule has 0 N–H and O–H groups in total. The van der Waals surface area contributed by atoms with Gasteiger partial charge in [0.25, 0.3) is 0 Å². The minimum absolute atomic E-state index is 0.0170. The van der Waals surface area contributed by atoms with E-state index in [1.165, 1.54) is 48.8 Å². The first-order chi connectivity index (χ1) is 13.2. The predicted molar refractivity (Wildman–Crippen MR) is 113 cm³/mol. The van der Waals surface area contributed by atoms with Gasteiger partial charge < -0.3 is 0 Å². The van der Waals surface area contributed by atoms with Crippen molar-refractivity contribution in [3.05, 3.63) is 70.0 Å². The molecule has 27 heavy (non-hydrogen) atoms. The predicted octanol–water partition coefficient (Wildman–Crippen LogP) is 7.56. The van der Waals surface area contributed by atoms with Gasteiger partial charge in [-0.1, -0.05) is 62.7 Å². The van der Waals surface area contributed by atoms with E-state index < -0.39 is 0 Å². The van der Waals surface area contributed by atoms with E-state index in [-0.39, 0.29) is 5.82 Å². The van der Waals surface area contributed by atoms with Gasteiger partial charge in [0.15, 0.2) is 0 Å². The number of benzene rings is 2. The number of aryl methyl sites for hydroxylation is 1. The Morgan fingerprint density at radius 2 is 1.63 bits per heavy atom. The second-order valence-electron chi connectivity index (χ2n) is 8.38. The monoisotopic (exact) mass is 362 g/mol. The van der Waals surface area contributed by atoms with Crippen molar-refractivity contribution < 1.29 is 4.39 Å². The fourth-order valence-electron chi connectivity index (χ4n) is 4.97. The normalized spacial score (nSPS) is 22.3. The summed E-state index contributed by atoms with van der Waals surface area (Å²) in [6.45, 7) is 4.34. The van der Waals surface area contributed by atoms with Gasteiger partial charge in [0, 0.05) is 0 Å². The van der Waals surface area contributed by atoms with Crippen LogP contribution in [0.25, 0.3) is 11.6 Å². The van der Waals surface area contributed by atoms with Crippen molar-refractivity contribution in [3.63, 3.8) is 0 Å². The minimum Gasteiger partial charge on any atom is -0.206 e. The Kier molecular flexibility index (Phi) is 5.48. The number of allylic oxidation sites excluding steroid dienone is 1. The highest BCUT2D eigenvalue weighted by atomic mass is 19.1. The van der Waals surface area contributed by atoms with Crippen LogP contribution in [0, 0.1) is 11.7 Å². The highest BCUT2D eigenvalue weighted by Crippen LogP contribution is 2.38. The van der Waals surface area contributed by atoms with E-state index >= 15 is 0 Å². The van der Waals surface area contributed by atoms with E-state index in [1.54, 1.807) is 0 Å². The average molecular weight is 363 g/mol. The van der Waals surface area contributed by atoms with Crippen molar-refractivity contribution >= 4 is 11.6 Å². The van der Waals surface area contributed by atoms with Gasteiger partial charge in [0.1, 0.15) is 5.82 Å². The summed E-state index contributed by atoms with van der Waals surface area (Å²) in [5.41, 5.74) is 6.95. The van der Waals surface area contributed by atoms with Crippen molar-refractivity contribution in [2.24, 2.45) is 5.92 Å². The molecule has 0 nitrogen and oxygen atoms in total. The van der Waals surface area contributed by atoms with Gasteiger partial charge in [-0.2, -0.15) is 0 Å². The van der Waals surface area contributed by atoms with Gasteiger partial charge in [-0.25, -0.2) is 4.39 Å². The summed E-state index contributed by atoms with van der Waals surface area (Å²) in [5, 5.41) is 0. The molecule has 0 atom stereocenters. The third-order valence-electron chi connectivity index (χ3n) is 6.89. The summed E-state index contributed by atoms with van der Waals surface area (Å²) < 4.78 is 14.6. The Bertz CT molecular complexity index is 820. The van der Waals surface area contributed by atoms with Crippen LogP contribution < -0.4 is 0 Å². The molecule has 142 valence electrons. The lowest BCUT2D eigenvalue weighted by Gasteiger charge is -2.28. The summed E-state index contributed by atoms with van der Waals surface area (Å²) in [4.78, 5) is 0. The zero-order valence-corrected chi connectivity index (χ0v) is 16.7. The van der Waals surface area contributed by atoms with E-state index in [2.05, 4.69) is 43.3 Å². The maximum Gasteiger partial charge on any atom is 0.130 e. The molecule has 0 saturated heterocycles. The molecular weight excluding hydrogens is 331 g/mol. The number of hydrogen-bond acceptors (Lipinski definition) is 0. The van der Waals surface area contributed by atoms with Crippen molar-refractivity contribution in [3.8, 4) is 0 Å². The molecule has 2 aromatic rings. The van der Waals surface area contributed by atoms with Crippen molar-refractivity contribution in [2.45, 2.75) is 71.1 Å². The largest absolute Gasteiger partial charge is 0.206 e. The Balaban J connectivity index is 1.52. The second-order valence-corrected chi connectivity index (χ2v) is 8.38. The van der Waals surface area contributed by atoms with Crippen LogP contribution in [0.3, 0.4) is 0 Å². The Morgan fingerprint density at radius 1 is 0.889 bits per heavy atom. The topological polar surface area (TPSA) is 0 Å². The van der Waals surface area contributed by atoms with Gasteiger partial charge in [-0.3, -0.25) is 0 Å². The van der Waals surface area contributed by atoms with Crippen LogP contribution in [0.2, 0.25) is 0 Å². The van der Waals surface area contributed by atoms with E-state index in [9.17, 15) is 4.39 Å². The first-order valence-corrected chi connectivity index (χ1v) is 10.8. The highest BCUT2D eigenvalue weighted by molar-refractivity contribution is 5.84. The molecule has 2 aliphatic rings. The fourth-order valence-corrected chi connectivity index (χ4v) is 4.97. The molecule has 0 heterocycles. The molecule has 0 radical (unpaired) electrons. The minimum atomic E-state index is 0.0170. The molecule has 0 aromatic heterocycles. The maximum absolute atomic E-state index is 14.6. The molecule has 1 fully saturated rings. The van der Waals surface area contributed by atoms with Crippen molar-refractivity contribution in [1.29, 1.82) is 0 Å². The first kappa shape index (κ1) is 18.5. The lowest BCUT2D eigenvalue weighted by Crippen LogP contribution is -2.12. The van der Waals surface area contributed by atoms with Gasteiger partial charge in [0.05, 0.1) is 0 Å². The second kappa shape index (κ2) is 8.00. The quantitative estimate of drug-likeness (QED) is 0.526. The van der Waals surface area contributed by atoms with Crippen LogP contribution in [-0.4, -0.2) is 0 Å². The summed E-state index contributed by atoms with van der Waals surface area (Å²) in [5.74, 6) is 1.70. The molecule has 0 bridgehead atoms. The van der Waals surface area contributed by atoms with E-state index in [0.29, 0.717) is 0 Å². The number of fused-ring (bicyclic) bond motifs is 1. The van der Waals surface area contributed by atoms with Crippen LogP contribution >= 0.6 is 0 Å². The van der Waals surface area contributed by atoms with E-state index in [0.717, 1.165) is 47.8 Å². The Labute approximate surface area is 163 Å². The van der Waals surface area contributed by atoms with Gasteiger partial charge in [-0.15, -0.1) is 0 Å². The molecule has 1 saturated carbocycles. The van der Waals surface area contributed by atoms with Crippen LogP contribution in [-0.2, 0) is 12.8 Å². The molecule has 0 amide bonds. The zero-order valence-electron chi connectivity index (χ0n) is 16.7. The molecular formula is C26H31F. The first-order valence-electron chi connectivity index (χ1n) is 10.8. The standard InChI is InChI=1S/C26H31F/c1-3-18-5-7-20(8-6-18)21-10-12-22(13-11-21)23-15-16-25-24(17-23)14-9-19(4-2)26(25)27/h9-14,17-18,20H,3-8,15-16H2,1-2H3. The summed E-state index contributed by atoms with van der Waals surface area (Å²) in [6.07, 6.45) is 11.5. The lowest BCUT2D eigenvalue weighted by molar-refractivity contribution is 0.319. The third kappa shape index (κ3) is 3.74. The SMILES string of the molecule is CCc1ccc2c(c1F)CCC(c1ccc(C3CCC(CC)CC3)cc1)=C2. The Morgan fingerprint density at radius 3 is 2.30 bits per heavy atom. The van der Waals surface area contributed by atoms with E-state index in [4.69, 9.17) is 0 Å². The van der Waals surface area contributed by atoms with Gasteiger partial charge >= 0.3 is 0 Å². The molecule has 2 aromatic carbocycles. The molecule has 0 unspecified atom stereocenters. The summed E-state index contributed by atoms with van der Waals surface area (Å²) in [6, 6.07) is 13.3. The summed E-state index contributed by atoms with van der Waals surface area (Å²) in [7, 11) is 0. The van der Waals surface area contributed by atoms with Crippen LogP contribution in [0.1, 0.15) is 86.1 Å². The molecule has 1 heteroatoms. The maximum atomic E-state index is 14.6. The number of rotatable bonds is 4. The molecule has 2 aliphatic carbocycles.